The van der Waals surface area contributed by atoms with Crippen molar-refractivity contribution in [1.29, 1.82) is 0 Å². The van der Waals surface area contributed by atoms with Gasteiger partial charge in [0.2, 0.25) is 16.0 Å². The second-order valence-corrected chi connectivity index (χ2v) is 7.81. The van der Waals surface area contributed by atoms with E-state index in [9.17, 15) is 8.42 Å². The van der Waals surface area contributed by atoms with E-state index < -0.39 is 10.0 Å². The fourth-order valence-corrected chi connectivity index (χ4v) is 3.03. The second-order valence-electron chi connectivity index (χ2n) is 6.25. The van der Waals surface area contributed by atoms with Crippen LogP contribution in [0.3, 0.4) is 0 Å². The number of rotatable bonds is 6. The Hall–Kier alpha value is -2.97. The van der Waals surface area contributed by atoms with Crippen LogP contribution in [0.2, 0.25) is 0 Å². The van der Waals surface area contributed by atoms with Crippen molar-refractivity contribution >= 4 is 21.7 Å². The van der Waals surface area contributed by atoms with Crippen LogP contribution in [-0.4, -0.2) is 32.5 Å². The summed E-state index contributed by atoms with van der Waals surface area (Å²) < 4.78 is 22.6. The molecule has 0 amide bonds. The topological polar surface area (TPSA) is 101 Å². The maximum Gasteiger partial charge on any atom is 0.238 e. The molecule has 0 fully saturated rings. The maximum atomic E-state index is 11.3. The number of sulfonamides is 1. The molecule has 0 aliphatic rings. The highest BCUT2D eigenvalue weighted by atomic mass is 32.2. The smallest absolute Gasteiger partial charge is 0.238 e. The standard InChI is InChI=1S/C19H21N5O2S/c1-24(2)16-7-5-15(6-8-16)18-11-12-21-19(23-18)22-13-14-3-9-17(10-4-14)27(20,25)26/h3-12H,13H2,1-2H3,(H2,20,25,26)(H,21,22,23). The van der Waals surface area contributed by atoms with Crippen LogP contribution >= 0.6 is 0 Å². The predicted molar refractivity (Wildman–Crippen MR) is 107 cm³/mol. The van der Waals surface area contributed by atoms with Crippen molar-refractivity contribution in [3.8, 4) is 11.3 Å². The van der Waals surface area contributed by atoms with Gasteiger partial charge in [0.05, 0.1) is 10.6 Å². The molecule has 0 spiro atoms. The monoisotopic (exact) mass is 383 g/mol. The summed E-state index contributed by atoms with van der Waals surface area (Å²) in [5.74, 6) is 0.500. The lowest BCUT2D eigenvalue weighted by Gasteiger charge is -2.12. The number of benzene rings is 2. The van der Waals surface area contributed by atoms with E-state index in [1.165, 1.54) is 12.1 Å². The number of nitrogens with two attached hydrogens (primary N) is 1. The van der Waals surface area contributed by atoms with Crippen molar-refractivity contribution in [2.45, 2.75) is 11.4 Å². The zero-order valence-electron chi connectivity index (χ0n) is 15.1. The first-order chi connectivity index (χ1) is 12.8. The molecule has 0 atom stereocenters. The van der Waals surface area contributed by atoms with Gasteiger partial charge in [-0.25, -0.2) is 23.5 Å². The number of nitrogens with zero attached hydrogens (tertiary/aromatic N) is 3. The zero-order valence-corrected chi connectivity index (χ0v) is 15.9. The number of hydrogen-bond donors (Lipinski definition) is 2. The summed E-state index contributed by atoms with van der Waals surface area (Å²) in [7, 11) is 0.315. The van der Waals surface area contributed by atoms with Gasteiger partial charge in [-0.1, -0.05) is 24.3 Å². The van der Waals surface area contributed by atoms with Crippen LogP contribution in [0.25, 0.3) is 11.3 Å². The number of aromatic nitrogens is 2. The fourth-order valence-electron chi connectivity index (χ4n) is 2.51. The van der Waals surface area contributed by atoms with Gasteiger partial charge in [-0.05, 0) is 35.9 Å². The number of nitrogens with one attached hydrogen (secondary N) is 1. The summed E-state index contributed by atoms with van der Waals surface area (Å²) in [5, 5.41) is 8.25. The van der Waals surface area contributed by atoms with Crippen LogP contribution in [0.1, 0.15) is 5.56 Å². The number of primary sulfonamides is 1. The molecule has 1 heterocycles. The Kier molecular flexibility index (Phi) is 5.38. The Morgan fingerprint density at radius 1 is 1.00 bits per heavy atom. The Balaban J connectivity index is 1.70. The lowest BCUT2D eigenvalue weighted by Crippen LogP contribution is -2.12. The third kappa shape index (κ3) is 4.81. The van der Waals surface area contributed by atoms with Crippen LogP contribution in [0.4, 0.5) is 11.6 Å². The second kappa shape index (κ2) is 7.73. The average molecular weight is 383 g/mol. The van der Waals surface area contributed by atoms with E-state index in [2.05, 4.69) is 15.3 Å². The summed E-state index contributed by atoms with van der Waals surface area (Å²) in [6.07, 6.45) is 1.70. The highest BCUT2D eigenvalue weighted by Crippen LogP contribution is 2.21. The van der Waals surface area contributed by atoms with Crippen LogP contribution in [-0.2, 0) is 16.6 Å². The van der Waals surface area contributed by atoms with E-state index >= 15 is 0 Å². The lowest BCUT2D eigenvalue weighted by molar-refractivity contribution is 0.598. The van der Waals surface area contributed by atoms with Gasteiger partial charge in [0.1, 0.15) is 0 Å². The SMILES string of the molecule is CN(C)c1ccc(-c2ccnc(NCc3ccc(S(N)(=O)=O)cc3)n2)cc1. The van der Waals surface area contributed by atoms with Crippen molar-refractivity contribution in [2.24, 2.45) is 5.14 Å². The third-order valence-corrected chi connectivity index (χ3v) is 4.97. The molecule has 1 aromatic heterocycles. The molecule has 3 N–H and O–H groups in total. The molecule has 0 saturated heterocycles. The van der Waals surface area contributed by atoms with Gasteiger partial charge in [0, 0.05) is 38.1 Å². The highest BCUT2D eigenvalue weighted by Gasteiger charge is 2.07. The zero-order chi connectivity index (χ0) is 19.4. The van der Waals surface area contributed by atoms with E-state index in [4.69, 9.17) is 5.14 Å². The first-order valence-corrected chi connectivity index (χ1v) is 9.84. The summed E-state index contributed by atoms with van der Waals surface area (Å²) in [6.45, 7) is 0.466. The van der Waals surface area contributed by atoms with E-state index in [1.54, 1.807) is 18.3 Å². The van der Waals surface area contributed by atoms with Gasteiger partial charge in [0.25, 0.3) is 0 Å². The number of anilines is 2. The van der Waals surface area contributed by atoms with Crippen molar-refractivity contribution in [3.05, 3.63) is 66.4 Å². The molecule has 3 aromatic rings. The summed E-state index contributed by atoms with van der Waals surface area (Å²) >= 11 is 0. The molecular weight excluding hydrogens is 362 g/mol. The van der Waals surface area contributed by atoms with E-state index in [1.807, 2.05) is 49.3 Å². The molecule has 0 saturated carbocycles. The molecule has 0 aliphatic heterocycles. The van der Waals surface area contributed by atoms with Gasteiger partial charge in [0.15, 0.2) is 0 Å². The minimum Gasteiger partial charge on any atom is -0.378 e. The largest absolute Gasteiger partial charge is 0.378 e. The Morgan fingerprint density at radius 2 is 1.67 bits per heavy atom. The molecule has 7 nitrogen and oxygen atoms in total. The average Bonchev–Trinajstić information content (AvgIpc) is 2.66. The van der Waals surface area contributed by atoms with E-state index in [0.717, 1.165) is 22.5 Å². The van der Waals surface area contributed by atoms with E-state index in [0.29, 0.717) is 12.5 Å². The van der Waals surface area contributed by atoms with Crippen LogP contribution in [0.15, 0.2) is 65.7 Å². The van der Waals surface area contributed by atoms with Crippen LogP contribution < -0.4 is 15.4 Å². The maximum absolute atomic E-state index is 11.3. The summed E-state index contributed by atoms with van der Waals surface area (Å²) in [4.78, 5) is 10.9. The van der Waals surface area contributed by atoms with Crippen molar-refractivity contribution in [2.75, 3.05) is 24.3 Å². The van der Waals surface area contributed by atoms with E-state index in [-0.39, 0.29) is 4.90 Å². The fraction of sp³-hybridized carbons (Fsp3) is 0.158. The molecule has 0 unspecified atom stereocenters. The minimum atomic E-state index is -3.68. The van der Waals surface area contributed by atoms with Crippen molar-refractivity contribution in [1.82, 2.24) is 9.97 Å². The number of hydrogen-bond acceptors (Lipinski definition) is 6. The molecule has 27 heavy (non-hydrogen) atoms. The Bertz CT molecular complexity index is 1020. The highest BCUT2D eigenvalue weighted by molar-refractivity contribution is 7.89. The van der Waals surface area contributed by atoms with Crippen LogP contribution in [0.5, 0.6) is 0 Å². The normalized spacial score (nSPS) is 11.2. The quantitative estimate of drug-likeness (QED) is 0.678. The molecule has 140 valence electrons. The molecule has 2 aromatic carbocycles. The summed E-state index contributed by atoms with van der Waals surface area (Å²) in [6, 6.07) is 16.4. The predicted octanol–water partition coefficient (Wildman–Crippen LogP) is 2.47. The molecule has 3 rings (SSSR count). The van der Waals surface area contributed by atoms with Gasteiger partial charge in [-0.15, -0.1) is 0 Å². The molecule has 0 aliphatic carbocycles. The first kappa shape index (κ1) is 18.8. The Morgan fingerprint density at radius 3 is 2.26 bits per heavy atom. The molecular formula is C19H21N5O2S. The summed E-state index contributed by atoms with van der Waals surface area (Å²) in [5.41, 5.74) is 3.84. The third-order valence-electron chi connectivity index (χ3n) is 4.04. The Labute approximate surface area is 158 Å². The van der Waals surface area contributed by atoms with Crippen molar-refractivity contribution < 1.29 is 8.42 Å². The van der Waals surface area contributed by atoms with Crippen LogP contribution in [0, 0.1) is 0 Å². The van der Waals surface area contributed by atoms with Gasteiger partial charge in [-0.3, -0.25) is 0 Å². The van der Waals surface area contributed by atoms with Crippen molar-refractivity contribution in [3.63, 3.8) is 0 Å². The molecule has 8 heteroatoms. The minimum absolute atomic E-state index is 0.0886. The lowest BCUT2D eigenvalue weighted by atomic mass is 10.1. The molecule has 0 bridgehead atoms. The van der Waals surface area contributed by atoms with Gasteiger partial charge in [-0.2, -0.15) is 0 Å². The van der Waals surface area contributed by atoms with Gasteiger partial charge >= 0.3 is 0 Å². The molecule has 0 radical (unpaired) electrons. The first-order valence-electron chi connectivity index (χ1n) is 8.29. The van der Waals surface area contributed by atoms with Gasteiger partial charge < -0.3 is 10.2 Å².